The highest BCUT2D eigenvalue weighted by molar-refractivity contribution is 5.92. The van der Waals surface area contributed by atoms with E-state index in [2.05, 4.69) is 16.0 Å². The number of ether oxygens (including phenoxy) is 5. The van der Waals surface area contributed by atoms with Crippen molar-refractivity contribution in [2.75, 3.05) is 47.5 Å². The fraction of sp³-hybridized carbons (Fsp3) is 0.690. The Hall–Kier alpha value is -5.50. The van der Waals surface area contributed by atoms with Gasteiger partial charge in [-0.3, -0.25) is 28.9 Å². The Bertz CT molecular complexity index is 2330. The third-order valence-corrected chi connectivity index (χ3v) is 15.6. The van der Waals surface area contributed by atoms with Gasteiger partial charge in [0.1, 0.15) is 48.9 Å². The maximum absolute atomic E-state index is 14.8. The Morgan fingerprint density at radius 1 is 0.877 bits per heavy atom. The smallest absolute Gasteiger partial charge is 0.410 e. The molecule has 0 radical (unpaired) electrons. The van der Waals surface area contributed by atoms with Crippen molar-refractivity contribution in [3.05, 3.63) is 65.2 Å². The van der Waals surface area contributed by atoms with E-state index in [1.165, 1.54) is 20.2 Å². The van der Waals surface area contributed by atoms with E-state index in [-0.39, 0.29) is 61.9 Å². The minimum Gasteiger partial charge on any atom is -0.462 e. The van der Waals surface area contributed by atoms with Crippen LogP contribution in [0, 0.1) is 23.7 Å². The second kappa shape index (κ2) is 32.4. The monoisotopic (exact) mass is 1140 g/mol. The van der Waals surface area contributed by atoms with E-state index >= 15 is 0 Å². The number of aliphatic hydroxyl groups is 5. The number of hydrogen-bond acceptors (Lipinski definition) is 17. The highest BCUT2D eigenvalue weighted by Crippen LogP contribution is 2.32. The molecule has 0 spiro atoms. The summed E-state index contributed by atoms with van der Waals surface area (Å²) < 4.78 is 29.5. The number of nitrogens with zero attached hydrogens (tertiary/aromatic N) is 3. The molecule has 4 rings (SSSR count). The highest BCUT2D eigenvalue weighted by atomic mass is 16.7. The van der Waals surface area contributed by atoms with Gasteiger partial charge in [-0.15, -0.1) is 0 Å². The van der Waals surface area contributed by atoms with E-state index in [9.17, 15) is 54.3 Å². The molecule has 23 nitrogen and oxygen atoms in total. The Morgan fingerprint density at radius 2 is 1.56 bits per heavy atom. The molecular weight excluding hydrogens is 1050 g/mol. The average molecular weight is 1140 g/mol. The predicted molar refractivity (Wildman–Crippen MR) is 299 cm³/mol. The number of carbonyl (C=O) groups excluding carboxylic acids is 6. The van der Waals surface area contributed by atoms with Crippen molar-refractivity contribution in [3.8, 4) is 5.75 Å². The SMILES string of the molecule is CCO[C@H]([C@@H](C)C(=O)N[C@H](C)[C@@H](O)c1ccccc1)[C@@H]1CCCN1C(=O)C[C@@H](OC)[C@H]([C@@H](C)CC)N(C)C(=O)[C@@H](NC(=O)[C@H](C(C)C)N(C)C(=O)OCc1ccc(O[C@@H]2O[C@H](CO)[C@@H](O)[C@H](O)[C@H]2O)c(CNC(=O)CCN)c1)C(C)C. The minimum atomic E-state index is -1.71. The molecular formula is C58H93N7O16. The number of nitrogens with one attached hydrogen (secondary N) is 3. The van der Waals surface area contributed by atoms with Crippen molar-refractivity contribution in [1.29, 1.82) is 0 Å². The highest BCUT2D eigenvalue weighted by Gasteiger charge is 2.46. The molecule has 0 aliphatic carbocycles. The van der Waals surface area contributed by atoms with Gasteiger partial charge in [-0.05, 0) is 67.7 Å². The average Bonchev–Trinajstić information content (AvgIpc) is 3.94. The summed E-state index contributed by atoms with van der Waals surface area (Å²) in [6.45, 7) is 16.1. The minimum absolute atomic E-state index is 0.0287. The summed E-state index contributed by atoms with van der Waals surface area (Å²) >= 11 is 0. The number of likely N-dealkylation sites (N-methyl/N-ethyl adjacent to an activating group) is 2. The molecule has 15 atom stereocenters. The standard InChI is InChI=1S/C58H93N7O16/c1-13-34(7)48(42(77-12)28-45(68)65-26-18-21-40(65)53(78-14-2)35(8)54(73)61-36(9)49(69)38-19-16-15-17-20-38)63(10)56(75)46(32(3)4)62-55(74)47(33(5)6)64(11)58(76)79-31-37-22-23-41(39(27-37)29-60-44(67)24-25-59)80-57-52(72)51(71)50(70)43(30-66)81-57/h15-17,19-20,22-23,27,32-36,40,42-43,46-53,57,66,69-72H,13-14,18,21,24-26,28-31,59H2,1-12H3,(H,60,67)(H,61,73)(H,62,74)/t34-,35+,36+,40-,42+,43+,46-,47-,48-,49+,50+,51-,52+,53+,57+/m0/s1. The van der Waals surface area contributed by atoms with Gasteiger partial charge < -0.3 is 80.7 Å². The number of benzene rings is 2. The summed E-state index contributed by atoms with van der Waals surface area (Å²) in [4.78, 5) is 88.2. The van der Waals surface area contributed by atoms with Crippen molar-refractivity contribution >= 4 is 35.6 Å². The summed E-state index contributed by atoms with van der Waals surface area (Å²) in [5, 5.41) is 60.5. The molecule has 10 N–H and O–H groups in total. The summed E-state index contributed by atoms with van der Waals surface area (Å²) in [7, 11) is 4.54. The van der Waals surface area contributed by atoms with Gasteiger partial charge in [-0.25, -0.2) is 4.79 Å². The predicted octanol–water partition coefficient (Wildman–Crippen LogP) is 2.11. The van der Waals surface area contributed by atoms with Crippen molar-refractivity contribution < 1.29 is 78.0 Å². The molecule has 0 aromatic heterocycles. The van der Waals surface area contributed by atoms with Gasteiger partial charge in [-0.1, -0.05) is 91.3 Å². The third kappa shape index (κ3) is 18.0. The maximum Gasteiger partial charge on any atom is 0.410 e. The van der Waals surface area contributed by atoms with Crippen LogP contribution in [0.15, 0.2) is 48.5 Å². The first-order valence-corrected chi connectivity index (χ1v) is 28.4. The van der Waals surface area contributed by atoms with Crippen molar-refractivity contribution in [2.45, 2.75) is 187 Å². The van der Waals surface area contributed by atoms with E-state index < -0.39 is 121 Å². The van der Waals surface area contributed by atoms with Crippen molar-refractivity contribution in [2.24, 2.45) is 29.4 Å². The maximum atomic E-state index is 14.8. The zero-order valence-electron chi connectivity index (χ0n) is 49.4. The second-order valence-corrected chi connectivity index (χ2v) is 22.1. The van der Waals surface area contributed by atoms with Gasteiger partial charge in [0.2, 0.25) is 35.8 Å². The number of nitrogens with two attached hydrogens (primary N) is 1. The van der Waals surface area contributed by atoms with E-state index in [0.717, 1.165) is 4.90 Å². The molecule has 0 unspecified atom stereocenters. The first kappa shape index (κ1) is 68.0. The van der Waals surface area contributed by atoms with Crippen molar-refractivity contribution in [1.82, 2.24) is 30.7 Å². The third-order valence-electron chi connectivity index (χ3n) is 15.6. The van der Waals surface area contributed by atoms with Crippen LogP contribution in [-0.2, 0) is 56.1 Å². The van der Waals surface area contributed by atoms with Crippen LogP contribution in [0.1, 0.15) is 117 Å². The van der Waals surface area contributed by atoms with Crippen molar-refractivity contribution in [3.63, 3.8) is 0 Å². The molecule has 2 aromatic carbocycles. The number of hydrogen-bond donors (Lipinski definition) is 9. The molecule has 2 aliphatic heterocycles. The van der Waals surface area contributed by atoms with E-state index in [0.29, 0.717) is 49.1 Å². The second-order valence-electron chi connectivity index (χ2n) is 22.1. The van der Waals surface area contributed by atoms with Gasteiger partial charge >= 0.3 is 6.09 Å². The summed E-state index contributed by atoms with van der Waals surface area (Å²) in [5.74, 6) is -3.60. The van der Waals surface area contributed by atoms with Crippen LogP contribution < -0.4 is 26.4 Å². The van der Waals surface area contributed by atoms with E-state index in [4.69, 9.17) is 29.4 Å². The zero-order valence-corrected chi connectivity index (χ0v) is 49.4. The summed E-state index contributed by atoms with van der Waals surface area (Å²) in [5.41, 5.74) is 7.01. The Morgan fingerprint density at radius 3 is 2.15 bits per heavy atom. The van der Waals surface area contributed by atoms with Crippen LogP contribution in [0.4, 0.5) is 4.79 Å². The van der Waals surface area contributed by atoms with Gasteiger partial charge in [0.25, 0.3) is 0 Å². The summed E-state index contributed by atoms with van der Waals surface area (Å²) in [6.07, 6.45) is -9.17. The molecule has 456 valence electrons. The summed E-state index contributed by atoms with van der Waals surface area (Å²) in [6, 6.07) is 9.82. The van der Waals surface area contributed by atoms with Gasteiger partial charge in [0, 0.05) is 59.4 Å². The molecule has 23 heteroatoms. The molecule has 81 heavy (non-hydrogen) atoms. The topological polar surface area (TPSA) is 322 Å². The lowest BCUT2D eigenvalue weighted by Crippen LogP contribution is -2.60. The van der Waals surface area contributed by atoms with Crippen LogP contribution in [0.25, 0.3) is 0 Å². The lowest BCUT2D eigenvalue weighted by molar-refractivity contribution is -0.277. The van der Waals surface area contributed by atoms with Crippen LogP contribution in [0.5, 0.6) is 5.75 Å². The fourth-order valence-electron chi connectivity index (χ4n) is 10.7. The van der Waals surface area contributed by atoms with Crippen LogP contribution in [-0.4, -0.2) is 196 Å². The van der Waals surface area contributed by atoms with Crippen LogP contribution >= 0.6 is 0 Å². The molecule has 2 fully saturated rings. The molecule has 0 saturated carbocycles. The van der Waals surface area contributed by atoms with E-state index in [1.807, 2.05) is 39.0 Å². The normalized spacial score (nSPS) is 22.5. The molecule has 2 heterocycles. The molecule has 2 saturated heterocycles. The Kier molecular flexibility index (Phi) is 27.2. The van der Waals surface area contributed by atoms with E-state index in [1.54, 1.807) is 82.7 Å². The van der Waals surface area contributed by atoms with Crippen LogP contribution in [0.2, 0.25) is 0 Å². The first-order valence-electron chi connectivity index (χ1n) is 28.4. The number of rotatable bonds is 30. The zero-order chi connectivity index (χ0) is 60.4. The lowest BCUT2D eigenvalue weighted by Gasteiger charge is -2.41. The number of aliphatic hydroxyl groups excluding tert-OH is 5. The van der Waals surface area contributed by atoms with Gasteiger partial charge in [-0.2, -0.15) is 0 Å². The molecule has 6 amide bonds. The Balaban J connectivity index is 1.48. The first-order chi connectivity index (χ1) is 38.4. The van der Waals surface area contributed by atoms with Crippen LogP contribution in [0.3, 0.4) is 0 Å². The fourth-order valence-corrected chi connectivity index (χ4v) is 10.7. The molecule has 2 aromatic rings. The molecule has 0 bridgehead atoms. The Labute approximate surface area is 477 Å². The number of carbonyl (C=O) groups is 6. The largest absolute Gasteiger partial charge is 0.462 e. The quantitative estimate of drug-likeness (QED) is 0.0541. The van der Waals surface area contributed by atoms with Gasteiger partial charge in [0.05, 0.1) is 55.4 Å². The lowest BCUT2D eigenvalue weighted by atomic mass is 9.89. The number of methoxy groups -OCH3 is 1. The van der Waals surface area contributed by atoms with Gasteiger partial charge in [0.15, 0.2) is 0 Å². The number of amides is 6. The number of likely N-dealkylation sites (tertiary alicyclic amines) is 1. The molecule has 2 aliphatic rings.